The lowest BCUT2D eigenvalue weighted by molar-refractivity contribution is -0.179. The van der Waals surface area contributed by atoms with E-state index in [1.807, 2.05) is 23.1 Å². The highest BCUT2D eigenvalue weighted by Gasteiger charge is 2.72. The third-order valence-corrected chi connectivity index (χ3v) is 8.09. The maximum atomic E-state index is 13.7. The standard InChI is InChI=1S/C21H22ClN3O2/c1-19(2)15-10-20-6-3-7-25(20)18(27)21(15,24-17(20)26)9-13-12-5-4-11(22)8-14(12)23-16(13)19/h4-5,8,15,23H,3,6-7,9-10H2,1-2H3,(H,24,26)/t15-,20-,21-/m1/s1. The van der Waals surface area contributed by atoms with Gasteiger partial charge in [0.1, 0.15) is 11.1 Å². The summed E-state index contributed by atoms with van der Waals surface area (Å²) in [7, 11) is 0. The number of aromatic nitrogens is 1. The van der Waals surface area contributed by atoms with Crippen LogP contribution in [0, 0.1) is 5.92 Å². The average molecular weight is 384 g/mol. The van der Waals surface area contributed by atoms with Gasteiger partial charge in [-0.25, -0.2) is 0 Å². The van der Waals surface area contributed by atoms with Crippen molar-refractivity contribution in [1.29, 1.82) is 0 Å². The summed E-state index contributed by atoms with van der Waals surface area (Å²) >= 11 is 6.20. The van der Waals surface area contributed by atoms with Crippen molar-refractivity contribution < 1.29 is 9.59 Å². The Morgan fingerprint density at radius 2 is 2.07 bits per heavy atom. The van der Waals surface area contributed by atoms with Gasteiger partial charge in [0.05, 0.1) is 0 Å². The van der Waals surface area contributed by atoms with Crippen molar-refractivity contribution in [3.05, 3.63) is 34.5 Å². The number of H-pyrrole nitrogens is 1. The van der Waals surface area contributed by atoms with E-state index in [2.05, 4.69) is 24.1 Å². The molecule has 140 valence electrons. The maximum absolute atomic E-state index is 13.7. The molecule has 1 aliphatic carbocycles. The van der Waals surface area contributed by atoms with Crippen LogP contribution in [0.3, 0.4) is 0 Å². The fourth-order valence-electron chi connectivity index (χ4n) is 6.61. The number of piperidine rings is 2. The van der Waals surface area contributed by atoms with Crippen LogP contribution >= 0.6 is 11.6 Å². The molecule has 4 fully saturated rings. The van der Waals surface area contributed by atoms with Gasteiger partial charge in [-0.2, -0.15) is 0 Å². The topological polar surface area (TPSA) is 65.2 Å². The summed E-state index contributed by atoms with van der Waals surface area (Å²) in [6, 6.07) is 5.86. The SMILES string of the molecule is CC1(C)c2[nH]c3cc(Cl)ccc3c2C[C@]23NC(=O)[C@@]4(CCCN4C2=O)C[C@H]13. The minimum atomic E-state index is -0.825. The first-order valence-corrected chi connectivity index (χ1v) is 10.1. The zero-order valence-corrected chi connectivity index (χ0v) is 16.2. The second-order valence-electron chi connectivity index (χ2n) is 9.34. The molecule has 0 radical (unpaired) electrons. The number of carbonyl (C=O) groups excluding carboxylic acids is 2. The highest BCUT2D eigenvalue weighted by Crippen LogP contribution is 2.59. The Kier molecular flexibility index (Phi) is 2.67. The van der Waals surface area contributed by atoms with Gasteiger partial charge in [0.25, 0.3) is 0 Å². The van der Waals surface area contributed by atoms with Gasteiger partial charge in [-0.05, 0) is 37.0 Å². The number of hydrogen-bond donors (Lipinski definition) is 2. The van der Waals surface area contributed by atoms with E-state index in [9.17, 15) is 9.59 Å². The zero-order valence-electron chi connectivity index (χ0n) is 15.5. The van der Waals surface area contributed by atoms with Crippen LogP contribution in [0.4, 0.5) is 0 Å². The highest BCUT2D eigenvalue weighted by atomic mass is 35.5. The number of nitrogens with zero attached hydrogens (tertiary/aromatic N) is 1. The van der Waals surface area contributed by atoms with Crippen LogP contribution in [-0.2, 0) is 21.4 Å². The Morgan fingerprint density at radius 1 is 1.26 bits per heavy atom. The third-order valence-electron chi connectivity index (χ3n) is 7.85. The van der Waals surface area contributed by atoms with Gasteiger partial charge in [0, 0.05) is 45.9 Å². The van der Waals surface area contributed by atoms with Crippen LogP contribution in [0.2, 0.25) is 5.02 Å². The molecular formula is C21H22ClN3O2. The summed E-state index contributed by atoms with van der Waals surface area (Å²) in [5.41, 5.74) is 1.63. The van der Waals surface area contributed by atoms with Gasteiger partial charge in [0.2, 0.25) is 11.8 Å². The number of benzene rings is 1. The first kappa shape index (κ1) is 16.0. The van der Waals surface area contributed by atoms with Crippen LogP contribution in [-0.4, -0.2) is 39.3 Å². The molecule has 6 heteroatoms. The molecule has 5 nitrogen and oxygen atoms in total. The summed E-state index contributed by atoms with van der Waals surface area (Å²) < 4.78 is 0. The van der Waals surface area contributed by atoms with E-state index in [1.165, 1.54) is 5.69 Å². The van der Waals surface area contributed by atoms with Crippen molar-refractivity contribution in [3.8, 4) is 0 Å². The van der Waals surface area contributed by atoms with E-state index in [4.69, 9.17) is 11.6 Å². The molecule has 1 aromatic carbocycles. The molecule has 5 aliphatic rings. The molecule has 0 unspecified atom stereocenters. The van der Waals surface area contributed by atoms with Gasteiger partial charge in [0.15, 0.2) is 0 Å². The number of aromatic amines is 1. The van der Waals surface area contributed by atoms with Crippen LogP contribution in [0.1, 0.15) is 44.4 Å². The Morgan fingerprint density at radius 3 is 2.89 bits per heavy atom. The van der Waals surface area contributed by atoms with Gasteiger partial charge in [-0.15, -0.1) is 0 Å². The molecule has 7 rings (SSSR count). The summed E-state index contributed by atoms with van der Waals surface area (Å²) in [4.78, 5) is 32.2. The number of rotatable bonds is 0. The Balaban J connectivity index is 1.63. The van der Waals surface area contributed by atoms with Crippen LogP contribution in [0.25, 0.3) is 10.9 Å². The van der Waals surface area contributed by atoms with Crippen molar-refractivity contribution in [3.63, 3.8) is 0 Å². The maximum Gasteiger partial charge on any atom is 0.249 e. The predicted octanol–water partition coefficient (Wildman–Crippen LogP) is 2.90. The smallest absolute Gasteiger partial charge is 0.249 e. The molecule has 2 N–H and O–H groups in total. The second-order valence-corrected chi connectivity index (χ2v) is 9.78. The third kappa shape index (κ3) is 1.61. The van der Waals surface area contributed by atoms with Gasteiger partial charge in [-0.1, -0.05) is 31.5 Å². The number of halogens is 1. The minimum Gasteiger partial charge on any atom is -0.358 e. The molecule has 3 atom stereocenters. The Hall–Kier alpha value is -2.01. The summed E-state index contributed by atoms with van der Waals surface area (Å²) in [6.45, 7) is 5.13. The minimum absolute atomic E-state index is 0.0537. The first-order valence-electron chi connectivity index (χ1n) is 9.75. The number of amides is 2. The van der Waals surface area contributed by atoms with E-state index in [0.717, 1.165) is 35.7 Å². The van der Waals surface area contributed by atoms with Gasteiger partial charge < -0.3 is 15.2 Å². The molecule has 2 aromatic rings. The van der Waals surface area contributed by atoms with Crippen LogP contribution < -0.4 is 5.32 Å². The molecule has 5 heterocycles. The van der Waals surface area contributed by atoms with E-state index >= 15 is 0 Å². The normalized spacial score (nSPS) is 35.8. The summed E-state index contributed by atoms with van der Waals surface area (Å²) in [5.74, 6) is 0.261. The lowest BCUT2D eigenvalue weighted by Gasteiger charge is -2.64. The van der Waals surface area contributed by atoms with E-state index < -0.39 is 11.1 Å². The molecule has 4 saturated heterocycles. The highest BCUT2D eigenvalue weighted by molar-refractivity contribution is 6.31. The number of fused-ring (bicyclic) bond motifs is 4. The zero-order chi connectivity index (χ0) is 18.8. The molecule has 2 spiro atoms. The van der Waals surface area contributed by atoms with E-state index in [1.54, 1.807) is 0 Å². The van der Waals surface area contributed by atoms with Gasteiger partial charge >= 0.3 is 0 Å². The molecule has 4 aliphatic heterocycles. The number of hydrogen-bond acceptors (Lipinski definition) is 2. The van der Waals surface area contributed by atoms with Crippen molar-refractivity contribution in [2.24, 2.45) is 5.92 Å². The molecule has 2 amide bonds. The monoisotopic (exact) mass is 383 g/mol. The van der Waals surface area contributed by atoms with Crippen molar-refractivity contribution in [2.45, 2.75) is 56.0 Å². The van der Waals surface area contributed by atoms with Gasteiger partial charge in [-0.3, -0.25) is 9.59 Å². The molecule has 0 saturated carbocycles. The Bertz CT molecular complexity index is 1060. The number of carbonyl (C=O) groups is 2. The molecule has 27 heavy (non-hydrogen) atoms. The van der Waals surface area contributed by atoms with E-state index in [-0.39, 0.29) is 23.1 Å². The summed E-state index contributed by atoms with van der Waals surface area (Å²) in [5, 5.41) is 5.03. The Labute approximate surface area is 162 Å². The average Bonchev–Trinajstić information content (AvgIpc) is 3.19. The van der Waals surface area contributed by atoms with Crippen LogP contribution in [0.15, 0.2) is 18.2 Å². The predicted molar refractivity (Wildman–Crippen MR) is 103 cm³/mol. The summed E-state index contributed by atoms with van der Waals surface area (Å²) in [6.07, 6.45) is 3.00. The first-order chi connectivity index (χ1) is 12.8. The lowest BCUT2D eigenvalue weighted by atomic mass is 9.51. The quantitative estimate of drug-likeness (QED) is 0.734. The molecular weight excluding hydrogens is 362 g/mol. The second kappa shape index (κ2) is 4.52. The number of nitrogens with one attached hydrogen (secondary N) is 2. The van der Waals surface area contributed by atoms with Crippen molar-refractivity contribution in [1.82, 2.24) is 15.2 Å². The fourth-order valence-corrected chi connectivity index (χ4v) is 6.78. The van der Waals surface area contributed by atoms with Crippen molar-refractivity contribution in [2.75, 3.05) is 6.54 Å². The fraction of sp³-hybridized carbons (Fsp3) is 0.524. The number of piperazine rings is 1. The molecule has 2 bridgehead atoms. The van der Waals surface area contributed by atoms with Crippen molar-refractivity contribution >= 4 is 34.3 Å². The van der Waals surface area contributed by atoms with E-state index in [0.29, 0.717) is 18.0 Å². The lowest BCUT2D eigenvalue weighted by Crippen LogP contribution is -2.84. The largest absolute Gasteiger partial charge is 0.358 e. The molecule has 1 aromatic heterocycles. The van der Waals surface area contributed by atoms with Crippen LogP contribution in [0.5, 0.6) is 0 Å².